The highest BCUT2D eigenvalue weighted by Gasteiger charge is 2.07. The molecule has 1 fully saturated rings. The third-order valence-electron chi connectivity index (χ3n) is 1.74. The zero-order valence-corrected chi connectivity index (χ0v) is 5.65. The largest absolute Gasteiger partial charge is 0.300 e. The molecule has 0 aliphatic heterocycles. The molecule has 1 aliphatic rings. The minimum absolute atomic E-state index is 0.411. The van der Waals surface area contributed by atoms with Crippen LogP contribution in [0.1, 0.15) is 32.1 Å². The molecule has 0 atom stereocenters. The molecule has 0 unspecified atom stereocenters. The molecular formula is C8H12O. The van der Waals surface area contributed by atoms with E-state index in [9.17, 15) is 4.79 Å². The van der Waals surface area contributed by atoms with Crippen LogP contribution in [0.4, 0.5) is 0 Å². The molecule has 1 aliphatic carbocycles. The number of allylic oxidation sites excluding steroid dienone is 1. The van der Waals surface area contributed by atoms with E-state index >= 15 is 0 Å². The van der Waals surface area contributed by atoms with Gasteiger partial charge in [-0.2, -0.15) is 0 Å². The second kappa shape index (κ2) is 2.81. The lowest BCUT2D eigenvalue weighted by molar-refractivity contribution is -0.118. The summed E-state index contributed by atoms with van der Waals surface area (Å²) < 4.78 is 0. The van der Waals surface area contributed by atoms with E-state index in [1.807, 2.05) is 0 Å². The maximum atomic E-state index is 10.8. The monoisotopic (exact) mass is 124 g/mol. The molecule has 0 heterocycles. The molecule has 1 nitrogen and oxygen atoms in total. The number of hydrogen-bond donors (Lipinski definition) is 0. The number of Topliss-reactive ketones (excluding diaryl/α,β-unsaturated/α-hetero) is 1. The molecule has 0 spiro atoms. The maximum absolute atomic E-state index is 10.8. The number of rotatable bonds is 0. The Morgan fingerprint density at radius 2 is 1.89 bits per heavy atom. The normalized spacial score (nSPS) is 21.8. The smallest absolute Gasteiger partial charge is 0.133 e. The minimum Gasteiger partial charge on any atom is -0.300 e. The second-order valence-electron chi connectivity index (χ2n) is 2.64. The summed E-state index contributed by atoms with van der Waals surface area (Å²) in [6, 6.07) is 0. The summed E-state index contributed by atoms with van der Waals surface area (Å²) in [5.41, 5.74) is 1.25. The Morgan fingerprint density at radius 3 is 2.67 bits per heavy atom. The first kappa shape index (κ1) is 6.53. The van der Waals surface area contributed by atoms with Gasteiger partial charge in [0.1, 0.15) is 5.78 Å². The van der Waals surface area contributed by atoms with Crippen molar-refractivity contribution in [2.45, 2.75) is 32.1 Å². The summed E-state index contributed by atoms with van der Waals surface area (Å²) in [5.74, 6) is 0.411. The molecule has 1 saturated carbocycles. The van der Waals surface area contributed by atoms with Crippen LogP contribution < -0.4 is 0 Å². The standard InChI is InChI=1S/C8H12O/c1-7-3-2-4-8(9)6-5-7/h1-6H2. The summed E-state index contributed by atoms with van der Waals surface area (Å²) in [5, 5.41) is 0. The van der Waals surface area contributed by atoms with Gasteiger partial charge in [0, 0.05) is 12.8 Å². The summed E-state index contributed by atoms with van der Waals surface area (Å²) in [4.78, 5) is 10.8. The fourth-order valence-electron chi connectivity index (χ4n) is 1.10. The molecule has 50 valence electrons. The lowest BCUT2D eigenvalue weighted by atomic mass is 10.1. The topological polar surface area (TPSA) is 17.1 Å². The van der Waals surface area contributed by atoms with Crippen molar-refractivity contribution in [2.24, 2.45) is 0 Å². The van der Waals surface area contributed by atoms with Crippen LogP contribution >= 0.6 is 0 Å². The van der Waals surface area contributed by atoms with E-state index < -0.39 is 0 Å². The van der Waals surface area contributed by atoms with Crippen molar-refractivity contribution in [3.63, 3.8) is 0 Å². The molecule has 9 heavy (non-hydrogen) atoms. The van der Waals surface area contributed by atoms with E-state index in [0.717, 1.165) is 32.1 Å². The van der Waals surface area contributed by atoms with Crippen molar-refractivity contribution in [1.82, 2.24) is 0 Å². The summed E-state index contributed by atoms with van der Waals surface area (Å²) in [7, 11) is 0. The van der Waals surface area contributed by atoms with Crippen LogP contribution in [0.3, 0.4) is 0 Å². The predicted molar refractivity (Wildman–Crippen MR) is 37.2 cm³/mol. The Hall–Kier alpha value is -0.590. The second-order valence-corrected chi connectivity index (χ2v) is 2.64. The Kier molecular flexibility index (Phi) is 2.04. The van der Waals surface area contributed by atoms with Gasteiger partial charge in [0.25, 0.3) is 0 Å². The minimum atomic E-state index is 0.411. The van der Waals surface area contributed by atoms with Gasteiger partial charge >= 0.3 is 0 Å². The van der Waals surface area contributed by atoms with Gasteiger partial charge in [0.05, 0.1) is 0 Å². The summed E-state index contributed by atoms with van der Waals surface area (Å²) >= 11 is 0. The lowest BCUT2D eigenvalue weighted by Gasteiger charge is -1.93. The van der Waals surface area contributed by atoms with Gasteiger partial charge in [0.15, 0.2) is 0 Å². The predicted octanol–water partition coefficient (Wildman–Crippen LogP) is 2.08. The van der Waals surface area contributed by atoms with Crippen molar-refractivity contribution in [3.05, 3.63) is 12.2 Å². The van der Waals surface area contributed by atoms with Crippen LogP contribution in [0.25, 0.3) is 0 Å². The van der Waals surface area contributed by atoms with E-state index in [2.05, 4.69) is 6.58 Å². The number of carbonyl (C=O) groups excluding carboxylic acids is 1. The van der Waals surface area contributed by atoms with Gasteiger partial charge in [-0.05, 0) is 19.3 Å². The number of carbonyl (C=O) groups is 1. The van der Waals surface area contributed by atoms with Crippen LogP contribution in [0.15, 0.2) is 12.2 Å². The highest BCUT2D eigenvalue weighted by Crippen LogP contribution is 2.17. The van der Waals surface area contributed by atoms with Gasteiger partial charge in [-0.1, -0.05) is 12.2 Å². The first-order valence-electron chi connectivity index (χ1n) is 3.47. The lowest BCUT2D eigenvalue weighted by Crippen LogP contribution is -1.91. The maximum Gasteiger partial charge on any atom is 0.133 e. The first-order chi connectivity index (χ1) is 4.29. The van der Waals surface area contributed by atoms with Gasteiger partial charge < -0.3 is 0 Å². The van der Waals surface area contributed by atoms with E-state index in [-0.39, 0.29) is 0 Å². The highest BCUT2D eigenvalue weighted by atomic mass is 16.1. The average molecular weight is 124 g/mol. The van der Waals surface area contributed by atoms with E-state index in [0.29, 0.717) is 5.78 Å². The Bertz CT molecular complexity index is 120. The number of ketones is 1. The average Bonchev–Trinajstić information content (AvgIpc) is 1.97. The van der Waals surface area contributed by atoms with Crippen LogP contribution in [-0.2, 0) is 4.79 Å². The summed E-state index contributed by atoms with van der Waals surface area (Å²) in [6.45, 7) is 3.86. The van der Waals surface area contributed by atoms with Crippen molar-refractivity contribution < 1.29 is 4.79 Å². The molecule has 0 radical (unpaired) electrons. The van der Waals surface area contributed by atoms with Crippen LogP contribution in [-0.4, -0.2) is 5.78 Å². The number of hydrogen-bond acceptors (Lipinski definition) is 1. The van der Waals surface area contributed by atoms with E-state index in [1.165, 1.54) is 5.57 Å². The molecule has 0 N–H and O–H groups in total. The highest BCUT2D eigenvalue weighted by molar-refractivity contribution is 5.78. The van der Waals surface area contributed by atoms with E-state index in [4.69, 9.17) is 0 Å². The zero-order valence-electron chi connectivity index (χ0n) is 5.65. The SMILES string of the molecule is C=C1CCCC(=O)CC1. The van der Waals surface area contributed by atoms with Gasteiger partial charge in [-0.3, -0.25) is 4.79 Å². The van der Waals surface area contributed by atoms with Crippen LogP contribution in [0, 0.1) is 0 Å². The fourth-order valence-corrected chi connectivity index (χ4v) is 1.10. The fraction of sp³-hybridized carbons (Fsp3) is 0.625. The van der Waals surface area contributed by atoms with Crippen LogP contribution in [0.5, 0.6) is 0 Å². The van der Waals surface area contributed by atoms with Crippen molar-refractivity contribution in [1.29, 1.82) is 0 Å². The van der Waals surface area contributed by atoms with Crippen LogP contribution in [0.2, 0.25) is 0 Å². The Labute approximate surface area is 55.8 Å². The van der Waals surface area contributed by atoms with E-state index in [1.54, 1.807) is 0 Å². The van der Waals surface area contributed by atoms with Crippen molar-refractivity contribution >= 4 is 5.78 Å². The van der Waals surface area contributed by atoms with Gasteiger partial charge in [0.2, 0.25) is 0 Å². The third-order valence-corrected chi connectivity index (χ3v) is 1.74. The first-order valence-corrected chi connectivity index (χ1v) is 3.47. The summed E-state index contributed by atoms with van der Waals surface area (Å²) in [6.07, 6.45) is 4.53. The molecule has 0 aromatic carbocycles. The Balaban J connectivity index is 2.43. The van der Waals surface area contributed by atoms with Crippen molar-refractivity contribution in [2.75, 3.05) is 0 Å². The van der Waals surface area contributed by atoms with Gasteiger partial charge in [-0.25, -0.2) is 0 Å². The molecule has 0 saturated heterocycles. The molecular weight excluding hydrogens is 112 g/mol. The molecule has 1 rings (SSSR count). The quantitative estimate of drug-likeness (QED) is 0.357. The zero-order chi connectivity index (χ0) is 6.69. The van der Waals surface area contributed by atoms with Gasteiger partial charge in [-0.15, -0.1) is 0 Å². The molecule has 1 heteroatoms. The molecule has 0 amide bonds. The van der Waals surface area contributed by atoms with Crippen molar-refractivity contribution in [3.8, 4) is 0 Å². The Morgan fingerprint density at radius 1 is 1.11 bits per heavy atom. The third kappa shape index (κ3) is 2.00. The molecule has 0 aromatic rings. The molecule has 0 aromatic heterocycles. The molecule has 0 bridgehead atoms.